The SMILES string of the molecule is Cc1cc2[nH]nc(-c3cn(-c4cnn(C5CC6CCC(C5)N6C)c4)nn3)c2cc1-[n+]1cccc(-c2ccc3c(-c4cn(-c5ccc(C(=O)N6CCOCC6)cc5)nn4)n[nH]c3c2)c1. The molecule has 2 atom stereocenters. The van der Waals surface area contributed by atoms with E-state index >= 15 is 0 Å². The van der Waals surface area contributed by atoms with Gasteiger partial charge in [-0.25, -0.2) is 9.36 Å². The van der Waals surface area contributed by atoms with Crippen molar-refractivity contribution in [2.75, 3.05) is 33.4 Å². The maximum absolute atomic E-state index is 12.9. The number of aromatic amines is 2. The number of nitrogens with zero attached hydrogens (tertiary/aromatic N) is 13. The lowest BCUT2D eigenvalue weighted by atomic mass is 9.98. The molecule has 0 spiro atoms. The normalized spacial score (nSPS) is 19.1. The van der Waals surface area contributed by atoms with Crippen molar-refractivity contribution in [3.05, 3.63) is 115 Å². The Morgan fingerprint density at radius 1 is 0.762 bits per heavy atom. The second-order valence-corrected chi connectivity index (χ2v) is 17.0. The number of fused-ring (bicyclic) bond motifs is 4. The molecule has 3 saturated heterocycles. The summed E-state index contributed by atoms with van der Waals surface area (Å²) in [6.45, 7) is 4.44. The van der Waals surface area contributed by atoms with Crippen LogP contribution < -0.4 is 4.57 Å². The Morgan fingerprint density at radius 2 is 1.46 bits per heavy atom. The van der Waals surface area contributed by atoms with Crippen molar-refractivity contribution in [1.82, 2.24) is 70.0 Å². The predicted molar refractivity (Wildman–Crippen MR) is 234 cm³/mol. The molecule has 6 aromatic heterocycles. The zero-order valence-corrected chi connectivity index (χ0v) is 34.8. The van der Waals surface area contributed by atoms with Crippen LogP contribution in [0.4, 0.5) is 0 Å². The van der Waals surface area contributed by atoms with Gasteiger partial charge in [0, 0.05) is 64.8 Å². The Morgan fingerprint density at radius 3 is 2.21 bits per heavy atom. The Balaban J connectivity index is 0.778. The molecule has 0 radical (unpaired) electrons. The number of hydrogen-bond acceptors (Lipinski definition) is 10. The second-order valence-electron chi connectivity index (χ2n) is 17.0. The van der Waals surface area contributed by atoms with Crippen LogP contribution in [-0.2, 0) is 4.74 Å². The van der Waals surface area contributed by atoms with Gasteiger partial charge in [-0.2, -0.15) is 19.9 Å². The van der Waals surface area contributed by atoms with Crippen LogP contribution >= 0.6 is 0 Å². The number of aryl methyl sites for hydroxylation is 1. The largest absolute Gasteiger partial charge is 0.378 e. The number of ether oxygens (including phenoxy) is 1. The van der Waals surface area contributed by atoms with Crippen LogP contribution in [-0.4, -0.2) is 121 Å². The van der Waals surface area contributed by atoms with Crippen LogP contribution in [0, 0.1) is 6.92 Å². The van der Waals surface area contributed by atoms with E-state index < -0.39 is 0 Å². The summed E-state index contributed by atoms with van der Waals surface area (Å²) >= 11 is 0. The first-order chi connectivity index (χ1) is 30.9. The number of pyridine rings is 1. The third-order valence-electron chi connectivity index (χ3n) is 13.3. The summed E-state index contributed by atoms with van der Waals surface area (Å²) in [6.07, 6.45) is 16.8. The van der Waals surface area contributed by atoms with Gasteiger partial charge < -0.3 is 14.5 Å². The first kappa shape index (κ1) is 37.4. The molecule has 1 amide bonds. The minimum absolute atomic E-state index is 0.00378. The molecule has 2 bridgehead atoms. The number of hydrogen-bond donors (Lipinski definition) is 2. The van der Waals surface area contributed by atoms with E-state index in [0.717, 1.165) is 74.1 Å². The average molecular weight is 839 g/mol. The van der Waals surface area contributed by atoms with E-state index in [1.807, 2.05) is 47.8 Å². The minimum Gasteiger partial charge on any atom is -0.378 e. The van der Waals surface area contributed by atoms with Crippen LogP contribution in [0.3, 0.4) is 0 Å². The van der Waals surface area contributed by atoms with Gasteiger partial charge >= 0.3 is 0 Å². The number of morpholine rings is 1. The lowest BCUT2D eigenvalue weighted by Gasteiger charge is -2.36. The molecule has 63 heavy (non-hydrogen) atoms. The topological polar surface area (TPSA) is 173 Å². The highest BCUT2D eigenvalue weighted by Gasteiger charge is 2.39. The third-order valence-corrected chi connectivity index (χ3v) is 13.3. The molecule has 2 unspecified atom stereocenters. The molecule has 314 valence electrons. The quantitative estimate of drug-likeness (QED) is 0.182. The van der Waals surface area contributed by atoms with Crippen molar-refractivity contribution < 1.29 is 14.1 Å². The third kappa shape index (κ3) is 6.58. The fourth-order valence-electron chi connectivity index (χ4n) is 9.77. The van der Waals surface area contributed by atoms with Crippen LogP contribution in [0.1, 0.15) is 47.6 Å². The lowest BCUT2D eigenvalue weighted by Crippen LogP contribution is -2.40. The highest BCUT2D eigenvalue weighted by Crippen LogP contribution is 2.40. The molecule has 9 heterocycles. The highest BCUT2D eigenvalue weighted by atomic mass is 16.5. The van der Waals surface area contributed by atoms with E-state index in [1.54, 1.807) is 9.36 Å². The number of benzene rings is 3. The van der Waals surface area contributed by atoms with Gasteiger partial charge in [-0.15, -0.1) is 10.2 Å². The molecule has 0 aliphatic carbocycles. The number of amides is 1. The summed E-state index contributed by atoms with van der Waals surface area (Å²) < 4.78 is 13.1. The van der Waals surface area contributed by atoms with Crippen LogP contribution in [0.5, 0.6) is 0 Å². The van der Waals surface area contributed by atoms with Crippen molar-refractivity contribution in [3.8, 4) is 51.0 Å². The average Bonchev–Trinajstić information content (AvgIpc) is 4.20. The Bertz CT molecular complexity index is 3150. The van der Waals surface area contributed by atoms with E-state index in [9.17, 15) is 4.79 Å². The van der Waals surface area contributed by atoms with E-state index in [0.29, 0.717) is 67.1 Å². The summed E-state index contributed by atoms with van der Waals surface area (Å²) in [6, 6.07) is 23.8. The monoisotopic (exact) mass is 838 g/mol. The van der Waals surface area contributed by atoms with Crippen molar-refractivity contribution in [2.45, 2.75) is 50.7 Å². The number of carbonyl (C=O) groups is 1. The van der Waals surface area contributed by atoms with Crippen molar-refractivity contribution in [1.29, 1.82) is 0 Å². The smallest absolute Gasteiger partial charge is 0.254 e. The maximum atomic E-state index is 12.9. The maximum Gasteiger partial charge on any atom is 0.254 e. The van der Waals surface area contributed by atoms with Gasteiger partial charge in [0.2, 0.25) is 5.69 Å². The van der Waals surface area contributed by atoms with Crippen molar-refractivity contribution in [2.24, 2.45) is 0 Å². The Hall–Kier alpha value is -7.37. The fourth-order valence-corrected chi connectivity index (χ4v) is 9.77. The van der Waals surface area contributed by atoms with Gasteiger partial charge in [0.05, 0.1) is 60.8 Å². The number of H-pyrrole nitrogens is 2. The molecule has 3 aromatic carbocycles. The number of nitrogens with one attached hydrogen (secondary N) is 2. The summed E-state index contributed by atoms with van der Waals surface area (Å²) in [5.74, 6) is 0.00378. The van der Waals surface area contributed by atoms with E-state index in [4.69, 9.17) is 14.9 Å². The van der Waals surface area contributed by atoms with Gasteiger partial charge in [-0.3, -0.25) is 19.7 Å². The second kappa shape index (κ2) is 14.9. The van der Waals surface area contributed by atoms with Crippen molar-refractivity contribution in [3.63, 3.8) is 0 Å². The minimum atomic E-state index is 0.00378. The van der Waals surface area contributed by atoms with Crippen LogP contribution in [0.25, 0.3) is 72.8 Å². The molecular weight excluding hydrogens is 795 g/mol. The molecule has 3 fully saturated rings. The summed E-state index contributed by atoms with van der Waals surface area (Å²) in [4.78, 5) is 17.3. The number of aromatic nitrogens is 13. The highest BCUT2D eigenvalue weighted by molar-refractivity contribution is 5.96. The molecule has 17 heteroatoms. The number of piperidine rings is 1. The van der Waals surface area contributed by atoms with Crippen LogP contribution in [0.2, 0.25) is 0 Å². The summed E-state index contributed by atoms with van der Waals surface area (Å²) in [7, 11) is 2.26. The van der Waals surface area contributed by atoms with Gasteiger partial charge in [0.25, 0.3) is 5.91 Å². The van der Waals surface area contributed by atoms with E-state index in [2.05, 4.69) is 125 Å². The van der Waals surface area contributed by atoms with Crippen LogP contribution in [0.15, 0.2) is 104 Å². The standard InChI is InChI=1S/C46H44N15O2/c1-28-18-39-38(45(53-48-39)42-27-61(55-51-42)36-23-47-59(25-36)35-20-33-10-11-34(21-35)56(33)2)22-43(28)58-13-3-4-31(24-58)30-7-12-37-40(19-30)49-52-44(37)41-26-60(54-50-41)32-8-5-29(6-9-32)46(62)57-14-16-63-17-15-57/h3-9,12-13,18-19,22-27,33-35H,10-11,14-17,20-21H2,1-2H3,(H,48,53)(H,49,52)/q+1. The molecule has 12 rings (SSSR count). The van der Waals surface area contributed by atoms with Gasteiger partial charge in [0.1, 0.15) is 28.5 Å². The van der Waals surface area contributed by atoms with Gasteiger partial charge in [0.15, 0.2) is 12.4 Å². The Kier molecular flexibility index (Phi) is 8.86. The summed E-state index contributed by atoms with van der Waals surface area (Å²) in [5, 5.41) is 40.3. The Labute approximate surface area is 360 Å². The van der Waals surface area contributed by atoms with E-state index in [-0.39, 0.29) is 5.91 Å². The zero-order valence-electron chi connectivity index (χ0n) is 34.8. The van der Waals surface area contributed by atoms with Crippen molar-refractivity contribution >= 4 is 27.7 Å². The molecule has 17 nitrogen and oxygen atoms in total. The number of carbonyl (C=O) groups excluding carboxylic acids is 1. The summed E-state index contributed by atoms with van der Waals surface area (Å²) in [5.41, 5.74) is 11.1. The fraction of sp³-hybridized carbons (Fsp3) is 0.283. The molecule has 3 aliphatic heterocycles. The first-order valence-electron chi connectivity index (χ1n) is 21.5. The zero-order chi connectivity index (χ0) is 42.2. The predicted octanol–water partition coefficient (Wildman–Crippen LogP) is 5.65. The molecule has 3 aliphatic rings. The molecule has 2 N–H and O–H groups in total. The number of rotatable bonds is 8. The van der Waals surface area contributed by atoms with E-state index in [1.165, 1.54) is 12.8 Å². The molecule has 0 saturated carbocycles. The first-order valence-corrected chi connectivity index (χ1v) is 21.5. The molecular formula is C46H44N15O2+. The van der Waals surface area contributed by atoms with Gasteiger partial charge in [-0.05, 0) is 93.7 Å². The lowest BCUT2D eigenvalue weighted by molar-refractivity contribution is -0.595. The van der Waals surface area contributed by atoms with Gasteiger partial charge in [-0.1, -0.05) is 16.5 Å². The molecule has 9 aromatic rings.